The van der Waals surface area contributed by atoms with Crippen molar-refractivity contribution in [3.63, 3.8) is 0 Å². The molecule has 0 bridgehead atoms. The van der Waals surface area contributed by atoms with Crippen LogP contribution in [0.3, 0.4) is 0 Å². The zero-order valence-corrected chi connectivity index (χ0v) is 12.0. The molecular weight excluding hydrogens is 248 g/mol. The summed E-state index contributed by atoms with van der Waals surface area (Å²) in [6.45, 7) is 4.31. The van der Waals surface area contributed by atoms with Gasteiger partial charge in [-0.2, -0.15) is 0 Å². The number of rotatable bonds is 3. The van der Waals surface area contributed by atoms with Gasteiger partial charge in [-0.15, -0.1) is 0 Å². The maximum atomic E-state index is 9.55. The van der Waals surface area contributed by atoms with Crippen LogP contribution in [0.2, 0.25) is 0 Å². The van der Waals surface area contributed by atoms with Gasteiger partial charge in [0, 0.05) is 23.7 Å². The van der Waals surface area contributed by atoms with Crippen molar-refractivity contribution in [3.05, 3.63) is 41.6 Å². The third-order valence-electron chi connectivity index (χ3n) is 4.26. The van der Waals surface area contributed by atoms with Gasteiger partial charge in [-0.1, -0.05) is 24.6 Å². The molecule has 0 radical (unpaired) electrons. The average molecular weight is 270 g/mol. The van der Waals surface area contributed by atoms with Gasteiger partial charge in [0.25, 0.3) is 0 Å². The lowest BCUT2D eigenvalue weighted by Crippen LogP contribution is -2.41. The molecule has 1 unspecified atom stereocenters. The highest BCUT2D eigenvalue weighted by molar-refractivity contribution is 5.82. The van der Waals surface area contributed by atoms with Crippen LogP contribution in [-0.2, 0) is 6.54 Å². The summed E-state index contributed by atoms with van der Waals surface area (Å²) in [6.07, 6.45) is 3.58. The van der Waals surface area contributed by atoms with E-state index in [1.54, 1.807) is 0 Å². The number of para-hydroxylation sites is 1. The van der Waals surface area contributed by atoms with Crippen molar-refractivity contribution >= 4 is 10.9 Å². The first-order valence-corrected chi connectivity index (χ1v) is 7.48. The fraction of sp³-hybridized carbons (Fsp3) is 0.471. The van der Waals surface area contributed by atoms with E-state index in [0.29, 0.717) is 6.04 Å². The number of hydrogen-bond donors (Lipinski definition) is 1. The summed E-state index contributed by atoms with van der Waals surface area (Å²) in [5, 5.41) is 10.8. The molecule has 0 amide bonds. The van der Waals surface area contributed by atoms with Gasteiger partial charge in [-0.3, -0.25) is 9.88 Å². The summed E-state index contributed by atoms with van der Waals surface area (Å²) in [5.41, 5.74) is 3.46. The highest BCUT2D eigenvalue weighted by atomic mass is 16.3. The van der Waals surface area contributed by atoms with Crippen molar-refractivity contribution in [2.24, 2.45) is 0 Å². The Labute approximate surface area is 120 Å². The fourth-order valence-corrected chi connectivity index (χ4v) is 3.22. The van der Waals surface area contributed by atoms with Crippen LogP contribution in [0.5, 0.6) is 0 Å². The number of fused-ring (bicyclic) bond motifs is 1. The number of benzene rings is 1. The van der Waals surface area contributed by atoms with Gasteiger partial charge in [0.1, 0.15) is 0 Å². The number of piperidine rings is 1. The number of likely N-dealkylation sites (tertiary alicyclic amines) is 1. The molecule has 3 nitrogen and oxygen atoms in total. The first-order valence-electron chi connectivity index (χ1n) is 7.48. The molecule has 0 aliphatic carbocycles. The maximum Gasteiger partial charge on any atom is 0.0708 e. The quantitative estimate of drug-likeness (QED) is 0.931. The Hall–Kier alpha value is -1.45. The predicted octanol–water partition coefficient (Wildman–Crippen LogP) is 2.89. The lowest BCUT2D eigenvalue weighted by atomic mass is 10.0. The lowest BCUT2D eigenvalue weighted by molar-refractivity contribution is 0.0844. The summed E-state index contributed by atoms with van der Waals surface area (Å²) >= 11 is 0. The third-order valence-corrected chi connectivity index (χ3v) is 4.26. The minimum Gasteiger partial charge on any atom is -0.395 e. The maximum absolute atomic E-state index is 9.55. The molecule has 0 spiro atoms. The molecule has 1 aliphatic rings. The van der Waals surface area contributed by atoms with Crippen molar-refractivity contribution in [3.8, 4) is 0 Å². The highest BCUT2D eigenvalue weighted by Gasteiger charge is 2.22. The van der Waals surface area contributed by atoms with Crippen molar-refractivity contribution < 1.29 is 5.11 Å². The first kappa shape index (κ1) is 13.5. The van der Waals surface area contributed by atoms with E-state index in [2.05, 4.69) is 41.1 Å². The van der Waals surface area contributed by atoms with E-state index < -0.39 is 0 Å². The number of pyridine rings is 1. The number of aromatic nitrogens is 1. The van der Waals surface area contributed by atoms with Gasteiger partial charge in [-0.05, 0) is 44.0 Å². The predicted molar refractivity (Wildman–Crippen MR) is 81.6 cm³/mol. The summed E-state index contributed by atoms with van der Waals surface area (Å²) in [5.74, 6) is 0. The van der Waals surface area contributed by atoms with Crippen LogP contribution in [0.25, 0.3) is 10.9 Å². The molecular formula is C17H22N2O. The number of aliphatic hydroxyl groups excluding tert-OH is 1. The SMILES string of the molecule is Cc1cc(CN2CCCCC2CO)c2ccccc2n1. The van der Waals surface area contributed by atoms with Crippen LogP contribution in [0.4, 0.5) is 0 Å². The van der Waals surface area contributed by atoms with E-state index in [1.807, 2.05) is 6.07 Å². The Balaban J connectivity index is 1.93. The number of nitrogens with zero attached hydrogens (tertiary/aromatic N) is 2. The van der Waals surface area contributed by atoms with Crippen molar-refractivity contribution in [2.75, 3.05) is 13.2 Å². The van der Waals surface area contributed by atoms with Crippen LogP contribution >= 0.6 is 0 Å². The lowest BCUT2D eigenvalue weighted by Gasteiger charge is -2.34. The van der Waals surface area contributed by atoms with Gasteiger partial charge >= 0.3 is 0 Å². The highest BCUT2D eigenvalue weighted by Crippen LogP contribution is 2.24. The molecule has 1 atom stereocenters. The molecule has 1 N–H and O–H groups in total. The minimum atomic E-state index is 0.266. The smallest absolute Gasteiger partial charge is 0.0708 e. The molecule has 3 heteroatoms. The van der Waals surface area contributed by atoms with Crippen molar-refractivity contribution in [1.29, 1.82) is 0 Å². The van der Waals surface area contributed by atoms with E-state index in [4.69, 9.17) is 0 Å². The van der Waals surface area contributed by atoms with E-state index in [-0.39, 0.29) is 6.61 Å². The minimum absolute atomic E-state index is 0.266. The van der Waals surface area contributed by atoms with E-state index in [9.17, 15) is 5.11 Å². The Morgan fingerprint density at radius 1 is 1.30 bits per heavy atom. The second kappa shape index (κ2) is 5.90. The second-order valence-electron chi connectivity index (χ2n) is 5.74. The standard InChI is InChI=1S/C17H22N2O/c1-13-10-14(16-7-2-3-8-17(16)18-13)11-19-9-5-4-6-15(19)12-20/h2-3,7-8,10,15,20H,4-6,9,11-12H2,1H3. The number of aryl methyl sites for hydroxylation is 1. The van der Waals surface area contributed by atoms with Gasteiger partial charge in [0.05, 0.1) is 12.1 Å². The molecule has 1 aromatic heterocycles. The molecule has 2 aromatic rings. The topological polar surface area (TPSA) is 36.4 Å². The Morgan fingerprint density at radius 3 is 3.00 bits per heavy atom. The van der Waals surface area contributed by atoms with Crippen LogP contribution in [0, 0.1) is 6.92 Å². The molecule has 3 rings (SSSR count). The van der Waals surface area contributed by atoms with Crippen LogP contribution in [0.15, 0.2) is 30.3 Å². The van der Waals surface area contributed by atoms with Crippen molar-refractivity contribution in [2.45, 2.75) is 38.8 Å². The van der Waals surface area contributed by atoms with Gasteiger partial charge < -0.3 is 5.11 Å². The van der Waals surface area contributed by atoms with E-state index in [0.717, 1.165) is 30.7 Å². The zero-order valence-electron chi connectivity index (χ0n) is 12.0. The largest absolute Gasteiger partial charge is 0.395 e. The number of aliphatic hydroxyl groups is 1. The monoisotopic (exact) mass is 270 g/mol. The number of hydrogen-bond acceptors (Lipinski definition) is 3. The average Bonchev–Trinajstić information content (AvgIpc) is 2.47. The Morgan fingerprint density at radius 2 is 2.15 bits per heavy atom. The molecule has 1 fully saturated rings. The van der Waals surface area contributed by atoms with Crippen LogP contribution in [0.1, 0.15) is 30.5 Å². The van der Waals surface area contributed by atoms with Gasteiger partial charge in [-0.25, -0.2) is 0 Å². The van der Waals surface area contributed by atoms with Gasteiger partial charge in [0.15, 0.2) is 0 Å². The normalized spacial score (nSPS) is 20.4. The molecule has 20 heavy (non-hydrogen) atoms. The summed E-state index contributed by atoms with van der Waals surface area (Å²) < 4.78 is 0. The molecule has 2 heterocycles. The fourth-order valence-electron chi connectivity index (χ4n) is 3.22. The third kappa shape index (κ3) is 2.69. The summed E-state index contributed by atoms with van der Waals surface area (Å²) in [7, 11) is 0. The van der Waals surface area contributed by atoms with E-state index in [1.165, 1.54) is 23.8 Å². The Kier molecular flexibility index (Phi) is 3.99. The van der Waals surface area contributed by atoms with Crippen molar-refractivity contribution in [1.82, 2.24) is 9.88 Å². The van der Waals surface area contributed by atoms with Crippen LogP contribution < -0.4 is 0 Å². The molecule has 1 aliphatic heterocycles. The zero-order chi connectivity index (χ0) is 13.9. The van der Waals surface area contributed by atoms with Crippen LogP contribution in [-0.4, -0.2) is 34.2 Å². The molecule has 106 valence electrons. The summed E-state index contributed by atoms with van der Waals surface area (Å²) in [6, 6.07) is 10.8. The Bertz CT molecular complexity index is 597. The molecule has 1 aromatic carbocycles. The van der Waals surface area contributed by atoms with Gasteiger partial charge in [0.2, 0.25) is 0 Å². The van der Waals surface area contributed by atoms with E-state index >= 15 is 0 Å². The second-order valence-corrected chi connectivity index (χ2v) is 5.74. The molecule has 1 saturated heterocycles. The summed E-state index contributed by atoms with van der Waals surface area (Å²) in [4.78, 5) is 7.02. The first-order chi connectivity index (χ1) is 9.78. The molecule has 0 saturated carbocycles.